The molecule has 0 N–H and O–H groups in total. The molecule has 0 fully saturated rings. The monoisotopic (exact) mass is 278 g/mol. The van der Waals surface area contributed by atoms with Gasteiger partial charge >= 0.3 is 18.3 Å². The lowest BCUT2D eigenvalue weighted by Gasteiger charge is -2.18. The van der Waals surface area contributed by atoms with Crippen molar-refractivity contribution in [1.82, 2.24) is 0 Å². The Morgan fingerprint density at radius 3 is 2.32 bits per heavy atom. The van der Waals surface area contributed by atoms with Crippen molar-refractivity contribution < 1.29 is 27.1 Å². The molecule has 2 nitrogen and oxygen atoms in total. The van der Waals surface area contributed by atoms with Gasteiger partial charge in [0.2, 0.25) is 0 Å². The molecule has 0 aliphatic rings. The first-order valence-corrected chi connectivity index (χ1v) is 5.76. The van der Waals surface area contributed by atoms with E-state index in [-0.39, 0.29) is 0 Å². The number of hydrogen-bond acceptors (Lipinski definition) is 2. The molecule has 19 heavy (non-hydrogen) atoms. The Balaban J connectivity index is 2.66. The topological polar surface area (TPSA) is 26.3 Å². The third-order valence-electron chi connectivity index (χ3n) is 2.62. The molecule has 1 atom stereocenters. The highest BCUT2D eigenvalue weighted by Gasteiger charge is 2.42. The van der Waals surface area contributed by atoms with Gasteiger partial charge < -0.3 is 4.74 Å². The smallest absolute Gasteiger partial charge is 0.340 e. The molecule has 0 spiro atoms. The number of hydrogen-bond donors (Lipinski definition) is 0. The van der Waals surface area contributed by atoms with Crippen LogP contribution in [0.5, 0.6) is 0 Å². The maximum atomic E-state index is 12.6. The maximum Gasteiger partial charge on any atom is 0.340 e. The van der Waals surface area contributed by atoms with Crippen molar-refractivity contribution in [3.05, 3.63) is 35.9 Å². The van der Waals surface area contributed by atoms with Gasteiger partial charge in [-0.1, -0.05) is 37.3 Å². The van der Waals surface area contributed by atoms with E-state index in [4.69, 9.17) is 0 Å². The predicted octanol–water partition coefficient (Wildman–Crippen LogP) is 3.62. The van der Waals surface area contributed by atoms with E-state index >= 15 is 0 Å². The lowest BCUT2D eigenvalue weighted by Crippen LogP contribution is -2.34. The van der Waals surface area contributed by atoms with Crippen LogP contribution in [0.15, 0.2) is 30.3 Å². The van der Waals surface area contributed by atoms with Crippen LogP contribution in [0.2, 0.25) is 0 Å². The molecule has 0 saturated heterocycles. The van der Waals surface area contributed by atoms with Gasteiger partial charge in [0, 0.05) is 0 Å². The summed E-state index contributed by atoms with van der Waals surface area (Å²) < 4.78 is 53.5. The molecule has 0 radical (unpaired) electrons. The molecule has 0 heterocycles. The van der Waals surface area contributed by atoms with Crippen LogP contribution >= 0.6 is 0 Å². The highest BCUT2D eigenvalue weighted by molar-refractivity contribution is 5.78. The molecule has 106 valence electrons. The molecule has 0 bridgehead atoms. The molecular weight excluding hydrogens is 264 g/mol. The molecule has 0 saturated carbocycles. The second kappa shape index (κ2) is 6.54. The van der Waals surface area contributed by atoms with Crippen LogP contribution < -0.4 is 0 Å². The second-order valence-electron chi connectivity index (χ2n) is 4.04. The van der Waals surface area contributed by atoms with E-state index in [9.17, 15) is 22.4 Å². The first-order valence-electron chi connectivity index (χ1n) is 5.76. The number of benzene rings is 1. The fraction of sp³-hybridized carbons (Fsp3) is 0.462. The normalized spacial score (nSPS) is 13.4. The summed E-state index contributed by atoms with van der Waals surface area (Å²) in [6.45, 7) is 0.0804. The molecule has 0 aromatic heterocycles. The van der Waals surface area contributed by atoms with Crippen molar-refractivity contribution >= 4 is 5.97 Å². The lowest BCUT2D eigenvalue weighted by molar-refractivity contribution is -0.180. The summed E-state index contributed by atoms with van der Waals surface area (Å²) >= 11 is 0. The Hall–Kier alpha value is -1.59. The molecule has 0 aliphatic heterocycles. The van der Waals surface area contributed by atoms with Gasteiger partial charge in [-0.3, -0.25) is 4.79 Å². The van der Waals surface area contributed by atoms with Crippen LogP contribution in [0, 0.1) is 0 Å². The van der Waals surface area contributed by atoms with Gasteiger partial charge in [0.1, 0.15) is 0 Å². The average Bonchev–Trinajstić information content (AvgIpc) is 2.38. The van der Waals surface area contributed by atoms with Crippen LogP contribution in [0.4, 0.5) is 17.6 Å². The van der Waals surface area contributed by atoms with Crippen molar-refractivity contribution in [2.45, 2.75) is 31.6 Å². The molecular formula is C13H14F4O2. The summed E-state index contributed by atoms with van der Waals surface area (Å²) in [4.78, 5) is 11.6. The number of esters is 1. The van der Waals surface area contributed by atoms with E-state index in [2.05, 4.69) is 4.74 Å². The van der Waals surface area contributed by atoms with Crippen LogP contribution in [0.3, 0.4) is 0 Å². The Morgan fingerprint density at radius 2 is 1.84 bits per heavy atom. The Kier molecular flexibility index (Phi) is 5.32. The van der Waals surface area contributed by atoms with Crippen LogP contribution in [-0.2, 0) is 9.53 Å². The number of carbonyl (C=O) groups excluding carboxylic acids is 1. The maximum absolute atomic E-state index is 12.6. The summed E-state index contributed by atoms with van der Waals surface area (Å²) in [5, 5.41) is 0. The van der Waals surface area contributed by atoms with E-state index in [0.717, 1.165) is 0 Å². The van der Waals surface area contributed by atoms with Crippen LogP contribution in [0.25, 0.3) is 0 Å². The van der Waals surface area contributed by atoms with Crippen molar-refractivity contribution in [1.29, 1.82) is 0 Å². The average molecular weight is 278 g/mol. The van der Waals surface area contributed by atoms with Crippen molar-refractivity contribution in [2.24, 2.45) is 0 Å². The number of halogens is 4. The summed E-state index contributed by atoms with van der Waals surface area (Å²) in [6, 6.07) is 8.44. The van der Waals surface area contributed by atoms with Crippen molar-refractivity contribution in [3.63, 3.8) is 0 Å². The van der Waals surface area contributed by atoms with Crippen molar-refractivity contribution in [2.75, 3.05) is 6.61 Å². The van der Waals surface area contributed by atoms with E-state index in [0.29, 0.717) is 12.0 Å². The standard InChI is InChI=1S/C13H14F4O2/c1-2-10(9-6-4-3-5-7-9)11(18)19-8-13(16,17)12(14)15/h3-7,10,12H,2,8H2,1H3. The van der Waals surface area contributed by atoms with E-state index in [1.54, 1.807) is 37.3 Å². The highest BCUT2D eigenvalue weighted by atomic mass is 19.3. The van der Waals surface area contributed by atoms with E-state index in [1.807, 2.05) is 0 Å². The zero-order valence-electron chi connectivity index (χ0n) is 10.3. The molecule has 6 heteroatoms. The quantitative estimate of drug-likeness (QED) is 0.587. The fourth-order valence-corrected chi connectivity index (χ4v) is 1.55. The number of alkyl halides is 4. The molecule has 1 rings (SSSR count). The van der Waals surface area contributed by atoms with Gasteiger partial charge in [-0.15, -0.1) is 0 Å². The van der Waals surface area contributed by atoms with E-state index in [1.165, 1.54) is 0 Å². The largest absolute Gasteiger partial charge is 0.459 e. The van der Waals surface area contributed by atoms with E-state index < -0.39 is 30.8 Å². The minimum Gasteiger partial charge on any atom is -0.459 e. The molecule has 0 amide bonds. The van der Waals surface area contributed by atoms with Gasteiger partial charge in [-0.25, -0.2) is 8.78 Å². The number of ether oxygens (including phenoxy) is 1. The summed E-state index contributed by atoms with van der Waals surface area (Å²) in [6.07, 6.45) is -3.51. The number of carbonyl (C=O) groups is 1. The molecule has 0 aliphatic carbocycles. The SMILES string of the molecule is CCC(C(=O)OCC(F)(F)C(F)F)c1ccccc1. The Morgan fingerprint density at radius 1 is 1.26 bits per heavy atom. The summed E-state index contributed by atoms with van der Waals surface area (Å²) in [5.74, 6) is -5.96. The van der Waals surface area contributed by atoms with Crippen LogP contribution in [0.1, 0.15) is 24.8 Å². The van der Waals surface area contributed by atoms with Gasteiger partial charge in [0.25, 0.3) is 0 Å². The minimum atomic E-state index is -4.31. The fourth-order valence-electron chi connectivity index (χ4n) is 1.55. The first-order chi connectivity index (χ1) is 8.88. The van der Waals surface area contributed by atoms with Crippen molar-refractivity contribution in [3.8, 4) is 0 Å². The second-order valence-corrected chi connectivity index (χ2v) is 4.04. The number of rotatable bonds is 6. The summed E-state index contributed by atoms with van der Waals surface area (Å²) in [7, 11) is 0. The third-order valence-corrected chi connectivity index (χ3v) is 2.62. The molecule has 1 unspecified atom stereocenters. The zero-order chi connectivity index (χ0) is 14.5. The molecule has 1 aromatic carbocycles. The zero-order valence-corrected chi connectivity index (χ0v) is 10.3. The van der Waals surface area contributed by atoms with Gasteiger partial charge in [0.05, 0.1) is 5.92 Å². The first kappa shape index (κ1) is 15.5. The lowest BCUT2D eigenvalue weighted by atomic mass is 9.97. The van der Waals surface area contributed by atoms with Gasteiger partial charge in [0.15, 0.2) is 6.61 Å². The minimum absolute atomic E-state index is 0.336. The van der Waals surface area contributed by atoms with Crippen LogP contribution in [-0.4, -0.2) is 24.9 Å². The third kappa shape index (κ3) is 4.22. The predicted molar refractivity (Wildman–Crippen MR) is 61.4 cm³/mol. The highest BCUT2D eigenvalue weighted by Crippen LogP contribution is 2.25. The Bertz CT molecular complexity index is 406. The Labute approximate surface area is 108 Å². The van der Waals surface area contributed by atoms with Gasteiger partial charge in [-0.05, 0) is 12.0 Å². The molecule has 1 aromatic rings. The van der Waals surface area contributed by atoms with Gasteiger partial charge in [-0.2, -0.15) is 8.78 Å². The summed E-state index contributed by atoms with van der Waals surface area (Å²) in [5.41, 5.74) is 0.607.